The third-order valence-electron chi connectivity index (χ3n) is 2.90. The lowest BCUT2D eigenvalue weighted by molar-refractivity contribution is 0.665. The molecule has 1 aromatic heterocycles. The van der Waals surface area contributed by atoms with Crippen molar-refractivity contribution in [2.45, 2.75) is 46.6 Å². The number of aromatic nitrogens is 1. The summed E-state index contributed by atoms with van der Waals surface area (Å²) in [5.74, 6) is 1.16. The van der Waals surface area contributed by atoms with Crippen LogP contribution in [0.1, 0.15) is 45.6 Å². The second-order valence-electron chi connectivity index (χ2n) is 4.65. The summed E-state index contributed by atoms with van der Waals surface area (Å²) < 4.78 is 0. The SMILES string of the molecule is CCCNCc1cccnc1N(CCC)CCC. The van der Waals surface area contributed by atoms with Crippen molar-refractivity contribution >= 4 is 5.82 Å². The van der Waals surface area contributed by atoms with Crippen LogP contribution in [0.25, 0.3) is 0 Å². The van der Waals surface area contributed by atoms with Gasteiger partial charge in [-0.3, -0.25) is 0 Å². The first kappa shape index (κ1) is 15.0. The summed E-state index contributed by atoms with van der Waals surface area (Å²) in [7, 11) is 0. The van der Waals surface area contributed by atoms with Crippen molar-refractivity contribution in [2.75, 3.05) is 24.5 Å². The Labute approximate surface area is 112 Å². The van der Waals surface area contributed by atoms with Gasteiger partial charge in [-0.25, -0.2) is 4.98 Å². The molecule has 0 unspecified atom stereocenters. The van der Waals surface area contributed by atoms with Gasteiger partial charge in [0.25, 0.3) is 0 Å². The van der Waals surface area contributed by atoms with Crippen molar-refractivity contribution in [3.63, 3.8) is 0 Å². The highest BCUT2D eigenvalue weighted by Gasteiger charge is 2.10. The molecule has 0 radical (unpaired) electrons. The van der Waals surface area contributed by atoms with Gasteiger partial charge in [0.05, 0.1) is 0 Å². The molecule has 1 N–H and O–H groups in total. The molecule has 3 nitrogen and oxygen atoms in total. The van der Waals surface area contributed by atoms with Crippen LogP contribution in [0, 0.1) is 0 Å². The van der Waals surface area contributed by atoms with Gasteiger partial charge in [0, 0.05) is 31.4 Å². The average molecular weight is 249 g/mol. The molecular weight excluding hydrogens is 222 g/mol. The van der Waals surface area contributed by atoms with Crippen LogP contribution in [0.5, 0.6) is 0 Å². The molecule has 0 atom stereocenters. The highest BCUT2D eigenvalue weighted by Crippen LogP contribution is 2.17. The van der Waals surface area contributed by atoms with Crippen molar-refractivity contribution in [1.82, 2.24) is 10.3 Å². The Balaban J connectivity index is 2.76. The predicted octanol–water partition coefficient (Wildman–Crippen LogP) is 3.21. The van der Waals surface area contributed by atoms with Crippen LogP contribution < -0.4 is 10.2 Å². The van der Waals surface area contributed by atoms with Crippen molar-refractivity contribution < 1.29 is 0 Å². The predicted molar refractivity (Wildman–Crippen MR) is 79.0 cm³/mol. The van der Waals surface area contributed by atoms with E-state index in [0.29, 0.717) is 0 Å². The monoisotopic (exact) mass is 249 g/mol. The highest BCUT2D eigenvalue weighted by molar-refractivity contribution is 5.46. The fourth-order valence-corrected chi connectivity index (χ4v) is 2.12. The summed E-state index contributed by atoms with van der Waals surface area (Å²) in [6, 6.07) is 4.21. The third-order valence-corrected chi connectivity index (χ3v) is 2.90. The molecule has 0 spiro atoms. The Kier molecular flexibility index (Phi) is 7.42. The van der Waals surface area contributed by atoms with Gasteiger partial charge in [-0.2, -0.15) is 0 Å². The quantitative estimate of drug-likeness (QED) is 0.681. The Bertz CT molecular complexity index is 319. The average Bonchev–Trinajstić information content (AvgIpc) is 2.39. The number of nitrogens with one attached hydrogen (secondary N) is 1. The standard InChI is InChI=1S/C15H27N3/c1-4-9-16-13-14-8-7-10-17-15(14)18(11-5-2)12-6-3/h7-8,10,16H,4-6,9,11-13H2,1-3H3. The Morgan fingerprint density at radius 2 is 1.83 bits per heavy atom. The van der Waals surface area contributed by atoms with Crippen LogP contribution in [0.2, 0.25) is 0 Å². The van der Waals surface area contributed by atoms with Gasteiger partial charge >= 0.3 is 0 Å². The number of rotatable bonds is 9. The van der Waals surface area contributed by atoms with Crippen molar-refractivity contribution in [1.29, 1.82) is 0 Å². The van der Waals surface area contributed by atoms with E-state index in [-0.39, 0.29) is 0 Å². The van der Waals surface area contributed by atoms with Crippen LogP contribution >= 0.6 is 0 Å². The zero-order chi connectivity index (χ0) is 13.2. The van der Waals surface area contributed by atoms with E-state index >= 15 is 0 Å². The molecule has 1 rings (SSSR count). The molecule has 0 saturated heterocycles. The lowest BCUT2D eigenvalue weighted by atomic mass is 10.2. The van der Waals surface area contributed by atoms with Crippen molar-refractivity contribution in [2.24, 2.45) is 0 Å². The molecule has 3 heteroatoms. The van der Waals surface area contributed by atoms with E-state index in [0.717, 1.165) is 32.0 Å². The number of hydrogen-bond acceptors (Lipinski definition) is 3. The summed E-state index contributed by atoms with van der Waals surface area (Å²) in [5, 5.41) is 3.46. The summed E-state index contributed by atoms with van der Waals surface area (Å²) in [5.41, 5.74) is 1.31. The minimum absolute atomic E-state index is 0.918. The van der Waals surface area contributed by atoms with E-state index in [1.54, 1.807) is 0 Å². The van der Waals surface area contributed by atoms with E-state index in [4.69, 9.17) is 0 Å². The minimum atomic E-state index is 0.918. The molecule has 1 aromatic rings. The highest BCUT2D eigenvalue weighted by atomic mass is 15.2. The summed E-state index contributed by atoms with van der Waals surface area (Å²) >= 11 is 0. The number of hydrogen-bond donors (Lipinski definition) is 1. The molecule has 0 aliphatic rings. The first-order valence-corrected chi connectivity index (χ1v) is 7.23. The van der Waals surface area contributed by atoms with Gasteiger partial charge in [0.1, 0.15) is 5.82 Å². The fraction of sp³-hybridized carbons (Fsp3) is 0.667. The van der Waals surface area contributed by atoms with Crippen LogP contribution in [-0.2, 0) is 6.54 Å². The van der Waals surface area contributed by atoms with Crippen molar-refractivity contribution in [3.05, 3.63) is 23.9 Å². The van der Waals surface area contributed by atoms with Gasteiger partial charge in [-0.1, -0.05) is 26.8 Å². The van der Waals surface area contributed by atoms with Gasteiger partial charge in [0.15, 0.2) is 0 Å². The Morgan fingerprint density at radius 1 is 1.11 bits per heavy atom. The van der Waals surface area contributed by atoms with E-state index in [1.165, 1.54) is 24.8 Å². The van der Waals surface area contributed by atoms with E-state index in [1.807, 2.05) is 12.3 Å². The molecule has 1 heterocycles. The van der Waals surface area contributed by atoms with Gasteiger partial charge in [-0.15, -0.1) is 0 Å². The lowest BCUT2D eigenvalue weighted by Gasteiger charge is -2.25. The number of pyridine rings is 1. The second kappa shape index (κ2) is 8.92. The first-order chi connectivity index (χ1) is 8.83. The van der Waals surface area contributed by atoms with Gasteiger partial charge in [-0.05, 0) is 31.9 Å². The summed E-state index contributed by atoms with van der Waals surface area (Å²) in [4.78, 5) is 6.99. The van der Waals surface area contributed by atoms with Gasteiger partial charge in [0.2, 0.25) is 0 Å². The number of nitrogens with zero attached hydrogens (tertiary/aromatic N) is 2. The first-order valence-electron chi connectivity index (χ1n) is 7.23. The Hall–Kier alpha value is -1.09. The summed E-state index contributed by atoms with van der Waals surface area (Å²) in [6.45, 7) is 10.8. The molecule has 0 fully saturated rings. The zero-order valence-electron chi connectivity index (χ0n) is 12.1. The molecule has 0 amide bonds. The fourth-order valence-electron chi connectivity index (χ4n) is 2.12. The van der Waals surface area contributed by atoms with Gasteiger partial charge < -0.3 is 10.2 Å². The Morgan fingerprint density at radius 3 is 2.44 bits per heavy atom. The second-order valence-corrected chi connectivity index (χ2v) is 4.65. The smallest absolute Gasteiger partial charge is 0.133 e. The third kappa shape index (κ3) is 4.65. The van der Waals surface area contributed by atoms with Crippen LogP contribution in [0.4, 0.5) is 5.82 Å². The van der Waals surface area contributed by atoms with E-state index < -0.39 is 0 Å². The molecule has 0 saturated carbocycles. The molecule has 0 bridgehead atoms. The molecule has 0 aliphatic carbocycles. The van der Waals surface area contributed by atoms with Crippen molar-refractivity contribution in [3.8, 4) is 0 Å². The van der Waals surface area contributed by atoms with E-state index in [2.05, 4.69) is 42.0 Å². The number of anilines is 1. The largest absolute Gasteiger partial charge is 0.356 e. The molecule has 0 aliphatic heterocycles. The molecule has 18 heavy (non-hydrogen) atoms. The lowest BCUT2D eigenvalue weighted by Crippen LogP contribution is -2.28. The van der Waals surface area contributed by atoms with Crippen LogP contribution in [0.3, 0.4) is 0 Å². The summed E-state index contributed by atoms with van der Waals surface area (Å²) in [6.07, 6.45) is 5.40. The topological polar surface area (TPSA) is 28.2 Å². The van der Waals surface area contributed by atoms with Crippen LogP contribution in [-0.4, -0.2) is 24.6 Å². The minimum Gasteiger partial charge on any atom is -0.356 e. The zero-order valence-corrected chi connectivity index (χ0v) is 12.1. The maximum atomic E-state index is 4.58. The maximum Gasteiger partial charge on any atom is 0.133 e. The van der Waals surface area contributed by atoms with E-state index in [9.17, 15) is 0 Å². The molecule has 0 aromatic carbocycles. The molecule has 102 valence electrons. The normalized spacial score (nSPS) is 10.6. The molecular formula is C15H27N3. The van der Waals surface area contributed by atoms with Crippen LogP contribution in [0.15, 0.2) is 18.3 Å². The maximum absolute atomic E-state index is 4.58.